The van der Waals surface area contributed by atoms with Crippen LogP contribution in [-0.4, -0.2) is 50.9 Å². The van der Waals surface area contributed by atoms with Crippen molar-refractivity contribution < 1.29 is 17.6 Å². The molecule has 2 rings (SSSR count). The van der Waals surface area contributed by atoms with E-state index in [-0.39, 0.29) is 5.91 Å². The molecule has 0 heterocycles. The van der Waals surface area contributed by atoms with Gasteiger partial charge in [0.05, 0.1) is 0 Å². The Morgan fingerprint density at radius 1 is 1.35 bits per heavy atom. The largest absolute Gasteiger partial charge is 0.344 e. The molecule has 0 saturated heterocycles. The molecule has 0 radical (unpaired) electrons. The van der Waals surface area contributed by atoms with Gasteiger partial charge in [-0.05, 0) is 49.3 Å². The predicted octanol–water partition coefficient (Wildman–Crippen LogP) is 2.87. The van der Waals surface area contributed by atoms with Crippen molar-refractivity contribution in [3.8, 4) is 0 Å². The number of benzene rings is 1. The van der Waals surface area contributed by atoms with Crippen LogP contribution in [0, 0.1) is 11.7 Å². The minimum atomic E-state index is -4.11. The van der Waals surface area contributed by atoms with Crippen molar-refractivity contribution in [1.29, 1.82) is 0 Å². The number of nitrogens with one attached hydrogen (secondary N) is 1. The second-order valence-corrected chi connectivity index (χ2v) is 9.42. The van der Waals surface area contributed by atoms with Gasteiger partial charge in [-0.1, -0.05) is 25.0 Å². The van der Waals surface area contributed by atoms with Gasteiger partial charge in [-0.3, -0.25) is 4.79 Å². The first-order chi connectivity index (χ1) is 12.3. The van der Waals surface area contributed by atoms with Crippen molar-refractivity contribution in [3.63, 3.8) is 0 Å². The van der Waals surface area contributed by atoms with E-state index in [1.165, 1.54) is 42.8 Å². The third kappa shape index (κ3) is 5.69. The lowest BCUT2D eigenvalue weighted by molar-refractivity contribution is -0.132. The van der Waals surface area contributed by atoms with Gasteiger partial charge in [-0.15, -0.1) is 0 Å². The molecule has 1 aliphatic carbocycles. The quantitative estimate of drug-likeness (QED) is 0.690. The number of hydrogen-bond donors (Lipinski definition) is 1. The van der Waals surface area contributed by atoms with Gasteiger partial charge in [0.25, 0.3) is 0 Å². The maximum Gasteiger partial charge on any atom is 0.244 e. The van der Waals surface area contributed by atoms with Crippen molar-refractivity contribution in [1.82, 2.24) is 9.62 Å². The van der Waals surface area contributed by atoms with Gasteiger partial charge in [-0.2, -0.15) is 16.5 Å². The van der Waals surface area contributed by atoms with E-state index in [0.29, 0.717) is 24.6 Å². The van der Waals surface area contributed by atoms with Crippen LogP contribution >= 0.6 is 11.8 Å². The van der Waals surface area contributed by atoms with Gasteiger partial charge in [0, 0.05) is 13.6 Å². The maximum atomic E-state index is 13.9. The van der Waals surface area contributed by atoms with Crippen LogP contribution in [0.5, 0.6) is 0 Å². The summed E-state index contributed by atoms with van der Waals surface area (Å²) in [5.41, 5.74) is 0. The molecule has 0 bridgehead atoms. The number of carbonyl (C=O) groups is 1. The fraction of sp³-hybridized carbons (Fsp3) is 0.611. The van der Waals surface area contributed by atoms with Gasteiger partial charge >= 0.3 is 0 Å². The Morgan fingerprint density at radius 3 is 2.62 bits per heavy atom. The standard InChI is InChI=1S/C18H27FN2O3S2/c1-21(13-14-7-3-4-8-14)18(22)16(11-12-25-2)20-26(23,24)17-10-6-5-9-15(17)19/h5-6,9-10,14,16,20H,3-4,7-8,11-13H2,1-2H3. The van der Waals surface area contributed by atoms with Crippen LogP contribution in [0.1, 0.15) is 32.1 Å². The zero-order valence-electron chi connectivity index (χ0n) is 15.3. The number of amides is 1. The van der Waals surface area contributed by atoms with E-state index in [4.69, 9.17) is 0 Å². The third-order valence-electron chi connectivity index (χ3n) is 4.72. The summed E-state index contributed by atoms with van der Waals surface area (Å²) in [5, 5.41) is 0. The molecule has 1 fully saturated rings. The maximum absolute atomic E-state index is 13.9. The number of carbonyl (C=O) groups excluding carboxylic acids is 1. The first-order valence-corrected chi connectivity index (χ1v) is 11.7. The van der Waals surface area contributed by atoms with Crippen molar-refractivity contribution in [2.45, 2.75) is 43.0 Å². The highest BCUT2D eigenvalue weighted by Gasteiger charge is 2.30. The Hall–Kier alpha value is -1.12. The smallest absolute Gasteiger partial charge is 0.244 e. The van der Waals surface area contributed by atoms with Crippen LogP contribution < -0.4 is 4.72 Å². The Bertz CT molecular complexity index is 706. The van der Waals surface area contributed by atoms with Crippen molar-refractivity contribution in [2.75, 3.05) is 25.6 Å². The van der Waals surface area contributed by atoms with E-state index < -0.39 is 26.8 Å². The molecule has 8 heteroatoms. The van der Waals surface area contributed by atoms with Crippen LogP contribution in [0.4, 0.5) is 4.39 Å². The lowest BCUT2D eigenvalue weighted by Crippen LogP contribution is -2.48. The number of rotatable bonds is 9. The highest BCUT2D eigenvalue weighted by molar-refractivity contribution is 7.98. The number of nitrogens with zero attached hydrogens (tertiary/aromatic N) is 1. The molecule has 1 aromatic rings. The Balaban J connectivity index is 2.12. The average Bonchev–Trinajstić information content (AvgIpc) is 3.11. The highest BCUT2D eigenvalue weighted by Crippen LogP contribution is 2.25. The van der Waals surface area contributed by atoms with Crippen LogP contribution in [0.25, 0.3) is 0 Å². The molecule has 146 valence electrons. The van der Waals surface area contributed by atoms with Gasteiger partial charge < -0.3 is 4.90 Å². The summed E-state index contributed by atoms with van der Waals surface area (Å²) in [6, 6.07) is 4.30. The zero-order chi connectivity index (χ0) is 19.2. The second kappa shape index (κ2) is 9.71. The van der Waals surface area contributed by atoms with Gasteiger partial charge in [0.1, 0.15) is 16.8 Å². The number of thioether (sulfide) groups is 1. The van der Waals surface area contributed by atoms with Crippen molar-refractivity contribution in [3.05, 3.63) is 30.1 Å². The molecule has 0 aromatic heterocycles. The Kier molecular flexibility index (Phi) is 7.91. The summed E-state index contributed by atoms with van der Waals surface area (Å²) in [6.07, 6.45) is 6.84. The summed E-state index contributed by atoms with van der Waals surface area (Å²) >= 11 is 1.54. The van der Waals surface area contributed by atoms with Crippen LogP contribution in [-0.2, 0) is 14.8 Å². The molecule has 1 saturated carbocycles. The predicted molar refractivity (Wildman–Crippen MR) is 103 cm³/mol. The van der Waals surface area contributed by atoms with E-state index in [2.05, 4.69) is 4.72 Å². The molecule has 1 aliphatic rings. The lowest BCUT2D eigenvalue weighted by Gasteiger charge is -2.26. The summed E-state index contributed by atoms with van der Waals surface area (Å²) in [7, 11) is -2.40. The summed E-state index contributed by atoms with van der Waals surface area (Å²) in [5.74, 6) is 0.0302. The molecule has 26 heavy (non-hydrogen) atoms. The van der Waals surface area contributed by atoms with Gasteiger partial charge in [0.2, 0.25) is 15.9 Å². The van der Waals surface area contributed by atoms with Gasteiger partial charge in [0.15, 0.2) is 0 Å². The monoisotopic (exact) mass is 402 g/mol. The summed E-state index contributed by atoms with van der Waals surface area (Å²) < 4.78 is 41.5. The number of likely N-dealkylation sites (N-methyl/N-ethyl adjacent to an activating group) is 1. The summed E-state index contributed by atoms with van der Waals surface area (Å²) in [4.78, 5) is 14.0. The third-order valence-corrected chi connectivity index (χ3v) is 6.86. The van der Waals surface area contributed by atoms with Gasteiger partial charge in [-0.25, -0.2) is 12.8 Å². The molecule has 1 amide bonds. The van der Waals surface area contributed by atoms with E-state index in [9.17, 15) is 17.6 Å². The number of sulfonamides is 1. The van der Waals surface area contributed by atoms with Crippen LogP contribution in [0.3, 0.4) is 0 Å². The van der Waals surface area contributed by atoms with E-state index in [0.717, 1.165) is 18.9 Å². The minimum absolute atomic E-state index is 0.258. The van der Waals surface area contributed by atoms with Crippen molar-refractivity contribution >= 4 is 27.7 Å². The lowest BCUT2D eigenvalue weighted by atomic mass is 10.1. The highest BCUT2D eigenvalue weighted by atomic mass is 32.2. The Labute approximate surface area is 159 Å². The summed E-state index contributed by atoms with van der Waals surface area (Å²) in [6.45, 7) is 0.635. The molecular formula is C18H27FN2O3S2. The molecule has 1 N–H and O–H groups in total. The van der Waals surface area contributed by atoms with Crippen LogP contribution in [0.2, 0.25) is 0 Å². The molecule has 0 aliphatic heterocycles. The van der Waals surface area contributed by atoms with Crippen molar-refractivity contribution in [2.24, 2.45) is 5.92 Å². The normalized spacial score (nSPS) is 16.6. The van der Waals surface area contributed by atoms with E-state index >= 15 is 0 Å². The fourth-order valence-corrected chi connectivity index (χ4v) is 5.09. The molecule has 1 atom stereocenters. The number of hydrogen-bond acceptors (Lipinski definition) is 4. The molecular weight excluding hydrogens is 375 g/mol. The Morgan fingerprint density at radius 2 is 2.00 bits per heavy atom. The van der Waals surface area contributed by atoms with E-state index in [1.54, 1.807) is 11.9 Å². The average molecular weight is 403 g/mol. The first kappa shape index (κ1) is 21.2. The molecule has 0 spiro atoms. The number of halogens is 1. The molecule has 1 unspecified atom stereocenters. The zero-order valence-corrected chi connectivity index (χ0v) is 16.9. The van der Waals surface area contributed by atoms with E-state index in [1.807, 2.05) is 6.26 Å². The SMILES string of the molecule is CSCCC(NS(=O)(=O)c1ccccc1F)C(=O)N(C)CC1CCCC1. The second-order valence-electron chi connectivity index (χ2n) is 6.76. The molecule has 1 aromatic carbocycles. The minimum Gasteiger partial charge on any atom is -0.344 e. The fourth-order valence-electron chi connectivity index (χ4n) is 3.32. The molecule has 5 nitrogen and oxygen atoms in total. The topological polar surface area (TPSA) is 66.5 Å². The first-order valence-electron chi connectivity index (χ1n) is 8.86. The van der Waals surface area contributed by atoms with Crippen LogP contribution in [0.15, 0.2) is 29.2 Å².